The van der Waals surface area contributed by atoms with Crippen molar-refractivity contribution in [2.45, 2.75) is 47.1 Å². The third-order valence-electron chi connectivity index (χ3n) is 4.25. The molecule has 0 saturated heterocycles. The number of hydrogen-bond donors (Lipinski definition) is 2. The van der Waals surface area contributed by atoms with Crippen LogP contribution in [0.2, 0.25) is 0 Å². The molecule has 0 aliphatic carbocycles. The Morgan fingerprint density at radius 2 is 1.76 bits per heavy atom. The lowest BCUT2D eigenvalue weighted by molar-refractivity contribution is -0.132. The summed E-state index contributed by atoms with van der Waals surface area (Å²) < 4.78 is 0. The number of anilines is 1. The summed E-state index contributed by atoms with van der Waals surface area (Å²) >= 11 is 0. The Hall–Kier alpha value is -2.55. The second-order valence-corrected chi connectivity index (χ2v) is 6.73. The normalized spacial score (nSPS) is 11.7. The van der Waals surface area contributed by atoms with Crippen LogP contribution in [0.25, 0.3) is 17.2 Å². The summed E-state index contributed by atoms with van der Waals surface area (Å²) in [5, 5.41) is 12.6. The zero-order valence-corrected chi connectivity index (χ0v) is 15.7. The van der Waals surface area contributed by atoms with E-state index in [4.69, 9.17) is 0 Å². The highest BCUT2D eigenvalue weighted by atomic mass is 16.4. The van der Waals surface area contributed by atoms with E-state index in [0.29, 0.717) is 18.0 Å². The molecular formula is C22H27NO2. The van der Waals surface area contributed by atoms with Gasteiger partial charge in [-0.15, -0.1) is 0 Å². The first-order valence-corrected chi connectivity index (χ1v) is 8.74. The third-order valence-corrected chi connectivity index (χ3v) is 4.25. The van der Waals surface area contributed by atoms with Crippen molar-refractivity contribution >= 4 is 17.7 Å². The zero-order valence-electron chi connectivity index (χ0n) is 15.7. The van der Waals surface area contributed by atoms with Crippen molar-refractivity contribution in [2.24, 2.45) is 0 Å². The Morgan fingerprint density at radius 3 is 2.28 bits per heavy atom. The number of aryl methyl sites for hydroxylation is 2. The molecule has 25 heavy (non-hydrogen) atoms. The van der Waals surface area contributed by atoms with E-state index in [1.807, 2.05) is 13.8 Å². The van der Waals surface area contributed by atoms with Gasteiger partial charge in [0.25, 0.3) is 0 Å². The highest BCUT2D eigenvalue weighted by Gasteiger charge is 2.09. The van der Waals surface area contributed by atoms with Crippen LogP contribution in [0, 0.1) is 13.8 Å². The molecule has 2 aromatic carbocycles. The predicted molar refractivity (Wildman–Crippen MR) is 106 cm³/mol. The van der Waals surface area contributed by atoms with E-state index in [0.717, 1.165) is 22.4 Å². The summed E-state index contributed by atoms with van der Waals surface area (Å²) in [5.74, 6) is -0.850. The van der Waals surface area contributed by atoms with Gasteiger partial charge < -0.3 is 10.4 Å². The van der Waals surface area contributed by atoms with Crippen molar-refractivity contribution in [3.05, 3.63) is 58.7 Å². The maximum atomic E-state index is 11.3. The molecule has 0 saturated carbocycles. The lowest BCUT2D eigenvalue weighted by atomic mass is 9.93. The van der Waals surface area contributed by atoms with Crippen molar-refractivity contribution in [3.63, 3.8) is 0 Å². The summed E-state index contributed by atoms with van der Waals surface area (Å²) in [7, 11) is 0. The molecule has 0 bridgehead atoms. The van der Waals surface area contributed by atoms with Crippen LogP contribution in [0.3, 0.4) is 0 Å². The van der Waals surface area contributed by atoms with E-state index in [1.54, 1.807) is 6.08 Å². The number of aliphatic carboxylic acids is 1. The first kappa shape index (κ1) is 18.8. The van der Waals surface area contributed by atoms with Gasteiger partial charge in [0.05, 0.1) is 0 Å². The van der Waals surface area contributed by atoms with Gasteiger partial charge in [0.15, 0.2) is 0 Å². The fourth-order valence-electron chi connectivity index (χ4n) is 2.89. The average Bonchev–Trinajstić information content (AvgIpc) is 2.55. The van der Waals surface area contributed by atoms with Gasteiger partial charge in [0, 0.05) is 17.3 Å². The number of carboxylic acids is 1. The highest BCUT2D eigenvalue weighted by Crippen LogP contribution is 2.29. The molecule has 0 spiro atoms. The minimum absolute atomic E-state index is 0.405. The molecule has 0 amide bonds. The maximum Gasteiger partial charge on any atom is 0.331 e. The van der Waals surface area contributed by atoms with Crippen LogP contribution in [-0.2, 0) is 4.79 Å². The van der Waals surface area contributed by atoms with Gasteiger partial charge >= 0.3 is 5.97 Å². The molecule has 0 atom stereocenters. The Morgan fingerprint density at radius 1 is 1.12 bits per heavy atom. The van der Waals surface area contributed by atoms with Gasteiger partial charge in [-0.25, -0.2) is 4.79 Å². The average molecular weight is 337 g/mol. The molecule has 0 fully saturated rings. The van der Waals surface area contributed by atoms with Crippen LogP contribution >= 0.6 is 0 Å². The molecule has 0 aliphatic heterocycles. The first-order valence-electron chi connectivity index (χ1n) is 8.74. The smallest absolute Gasteiger partial charge is 0.331 e. The fourth-order valence-corrected chi connectivity index (χ4v) is 2.89. The molecule has 0 aromatic heterocycles. The van der Waals surface area contributed by atoms with Crippen molar-refractivity contribution < 1.29 is 9.90 Å². The Bertz CT molecular complexity index is 786. The Kier molecular flexibility index (Phi) is 6.02. The monoisotopic (exact) mass is 337 g/mol. The number of hydrogen-bond acceptors (Lipinski definition) is 2. The van der Waals surface area contributed by atoms with E-state index in [9.17, 15) is 9.90 Å². The predicted octanol–water partition coefficient (Wildman–Crippen LogP) is 5.67. The molecule has 0 aliphatic rings. The second kappa shape index (κ2) is 8.02. The first-order chi connectivity index (χ1) is 11.8. The van der Waals surface area contributed by atoms with Gasteiger partial charge in [0.2, 0.25) is 0 Å². The molecule has 3 heteroatoms. The Balaban J connectivity index is 2.38. The third kappa shape index (κ3) is 4.72. The maximum absolute atomic E-state index is 11.3. The molecular weight excluding hydrogens is 310 g/mol. The summed E-state index contributed by atoms with van der Waals surface area (Å²) in [6, 6.07) is 13.1. The molecule has 2 aromatic rings. The standard InChI is InChI=1S/C22H27NO2/c1-6-17(22(24)25)13-19-11-16(5)21(12-15(19)4)18-7-9-20(10-8-18)23-14(2)3/h7-14,23H,6H2,1-5H3,(H,24,25)/b17-13+. The van der Waals surface area contributed by atoms with E-state index in [2.05, 4.69) is 62.5 Å². The topological polar surface area (TPSA) is 49.3 Å². The van der Waals surface area contributed by atoms with Crippen molar-refractivity contribution in [1.29, 1.82) is 0 Å². The Labute approximate surface area is 150 Å². The lowest BCUT2D eigenvalue weighted by Crippen LogP contribution is -2.09. The van der Waals surface area contributed by atoms with Crippen molar-refractivity contribution in [2.75, 3.05) is 5.32 Å². The van der Waals surface area contributed by atoms with E-state index >= 15 is 0 Å². The van der Waals surface area contributed by atoms with Crippen LogP contribution in [0.1, 0.15) is 43.9 Å². The summed E-state index contributed by atoms with van der Waals surface area (Å²) in [6.07, 6.45) is 2.30. The van der Waals surface area contributed by atoms with Crippen LogP contribution in [0.4, 0.5) is 5.69 Å². The highest BCUT2D eigenvalue weighted by molar-refractivity contribution is 5.92. The van der Waals surface area contributed by atoms with Gasteiger partial charge in [-0.05, 0) is 80.1 Å². The number of nitrogens with one attached hydrogen (secondary N) is 1. The van der Waals surface area contributed by atoms with Gasteiger partial charge in [0.1, 0.15) is 0 Å². The lowest BCUT2D eigenvalue weighted by Gasteiger charge is -2.13. The minimum Gasteiger partial charge on any atom is -0.478 e. The quantitative estimate of drug-likeness (QED) is 0.668. The molecule has 2 rings (SSSR count). The molecule has 132 valence electrons. The van der Waals surface area contributed by atoms with Gasteiger partial charge in [-0.3, -0.25) is 0 Å². The summed E-state index contributed by atoms with van der Waals surface area (Å²) in [5.41, 5.74) is 7.08. The molecule has 0 radical (unpaired) electrons. The molecule has 2 N–H and O–H groups in total. The molecule has 0 heterocycles. The number of carbonyl (C=O) groups is 1. The number of rotatable bonds is 6. The van der Waals surface area contributed by atoms with Crippen LogP contribution < -0.4 is 5.32 Å². The zero-order chi connectivity index (χ0) is 18.6. The van der Waals surface area contributed by atoms with E-state index in [1.165, 1.54) is 11.1 Å². The number of carboxylic acid groups (broad SMARTS) is 1. The van der Waals surface area contributed by atoms with Gasteiger partial charge in [-0.1, -0.05) is 31.2 Å². The van der Waals surface area contributed by atoms with E-state index < -0.39 is 5.97 Å². The van der Waals surface area contributed by atoms with Crippen LogP contribution in [0.5, 0.6) is 0 Å². The van der Waals surface area contributed by atoms with E-state index in [-0.39, 0.29) is 0 Å². The van der Waals surface area contributed by atoms with Gasteiger partial charge in [-0.2, -0.15) is 0 Å². The fraction of sp³-hybridized carbons (Fsp3) is 0.318. The van der Waals surface area contributed by atoms with Crippen molar-refractivity contribution in [1.82, 2.24) is 0 Å². The molecule has 3 nitrogen and oxygen atoms in total. The number of benzene rings is 2. The largest absolute Gasteiger partial charge is 0.478 e. The second-order valence-electron chi connectivity index (χ2n) is 6.73. The molecule has 0 unspecified atom stereocenters. The van der Waals surface area contributed by atoms with Crippen molar-refractivity contribution in [3.8, 4) is 11.1 Å². The SMILES string of the molecule is CC/C(=C\c1cc(C)c(-c2ccc(NC(C)C)cc2)cc1C)C(=O)O. The van der Waals surface area contributed by atoms with Crippen LogP contribution in [-0.4, -0.2) is 17.1 Å². The minimum atomic E-state index is -0.850. The summed E-state index contributed by atoms with van der Waals surface area (Å²) in [6.45, 7) is 10.2. The summed E-state index contributed by atoms with van der Waals surface area (Å²) in [4.78, 5) is 11.3. The van der Waals surface area contributed by atoms with Crippen LogP contribution in [0.15, 0.2) is 42.0 Å².